The van der Waals surface area contributed by atoms with E-state index in [2.05, 4.69) is 17.0 Å². The maximum atomic E-state index is 10.8. The summed E-state index contributed by atoms with van der Waals surface area (Å²) in [5.41, 5.74) is 1.30. The van der Waals surface area contributed by atoms with Gasteiger partial charge in [-0.15, -0.1) is 0 Å². The molecule has 1 saturated heterocycles. The highest BCUT2D eigenvalue weighted by atomic mass is 16.6. The van der Waals surface area contributed by atoms with Crippen LogP contribution in [-0.4, -0.2) is 43.3 Å². The Balaban J connectivity index is 1.81. The van der Waals surface area contributed by atoms with E-state index in [1.165, 1.54) is 12.5 Å². The Bertz CT molecular complexity index is 380. The first-order valence-electron chi connectivity index (χ1n) is 6.25. The second-order valence-corrected chi connectivity index (χ2v) is 4.52. The fourth-order valence-electron chi connectivity index (χ4n) is 2.08. The highest BCUT2D eigenvalue weighted by Crippen LogP contribution is 2.10. The quantitative estimate of drug-likeness (QED) is 0.757. The summed E-state index contributed by atoms with van der Waals surface area (Å²) in [6.45, 7) is 5.11. The number of hydrogen-bond donors (Lipinski definition) is 0. The van der Waals surface area contributed by atoms with E-state index in [9.17, 15) is 4.79 Å². The molecule has 4 heteroatoms. The minimum absolute atomic E-state index is 0.00800. The lowest BCUT2D eigenvalue weighted by Crippen LogP contribution is -2.44. The van der Waals surface area contributed by atoms with Gasteiger partial charge < -0.3 is 9.47 Å². The van der Waals surface area contributed by atoms with Crippen molar-refractivity contribution < 1.29 is 14.3 Å². The van der Waals surface area contributed by atoms with Crippen molar-refractivity contribution in [1.82, 2.24) is 4.90 Å². The Morgan fingerprint density at radius 1 is 1.44 bits per heavy atom. The molecular weight excluding hydrogens is 230 g/mol. The van der Waals surface area contributed by atoms with Crippen LogP contribution in [0.1, 0.15) is 12.5 Å². The van der Waals surface area contributed by atoms with Crippen molar-refractivity contribution in [2.45, 2.75) is 19.6 Å². The van der Waals surface area contributed by atoms with Crippen LogP contribution in [0, 0.1) is 0 Å². The molecule has 0 saturated carbocycles. The lowest BCUT2D eigenvalue weighted by molar-refractivity contribution is -0.148. The van der Waals surface area contributed by atoms with Gasteiger partial charge >= 0.3 is 5.97 Å². The van der Waals surface area contributed by atoms with Gasteiger partial charge in [0.1, 0.15) is 12.7 Å². The van der Waals surface area contributed by atoms with E-state index < -0.39 is 0 Å². The van der Waals surface area contributed by atoms with Crippen molar-refractivity contribution in [2.24, 2.45) is 0 Å². The second kappa shape index (κ2) is 6.52. The third kappa shape index (κ3) is 4.13. The van der Waals surface area contributed by atoms with Crippen LogP contribution in [0.5, 0.6) is 0 Å². The number of morpholine rings is 1. The van der Waals surface area contributed by atoms with E-state index in [4.69, 9.17) is 9.47 Å². The Labute approximate surface area is 107 Å². The summed E-state index contributed by atoms with van der Waals surface area (Å²) in [5, 5.41) is 0. The van der Waals surface area contributed by atoms with Crippen LogP contribution in [0.25, 0.3) is 0 Å². The molecule has 0 aliphatic carbocycles. The van der Waals surface area contributed by atoms with Crippen molar-refractivity contribution in [2.75, 3.05) is 26.3 Å². The molecule has 98 valence electrons. The van der Waals surface area contributed by atoms with Gasteiger partial charge in [0.05, 0.1) is 6.61 Å². The van der Waals surface area contributed by atoms with Crippen LogP contribution < -0.4 is 0 Å². The first-order valence-corrected chi connectivity index (χ1v) is 6.25. The van der Waals surface area contributed by atoms with Crippen molar-refractivity contribution in [3.05, 3.63) is 35.9 Å². The molecule has 1 aliphatic heterocycles. The number of ether oxygens (including phenoxy) is 2. The van der Waals surface area contributed by atoms with Gasteiger partial charge in [-0.2, -0.15) is 0 Å². The van der Waals surface area contributed by atoms with Crippen LogP contribution in [0.2, 0.25) is 0 Å². The Kier molecular flexibility index (Phi) is 4.73. The van der Waals surface area contributed by atoms with Crippen molar-refractivity contribution in [3.8, 4) is 0 Å². The van der Waals surface area contributed by atoms with E-state index in [-0.39, 0.29) is 12.1 Å². The summed E-state index contributed by atoms with van der Waals surface area (Å²) in [7, 11) is 0. The van der Waals surface area contributed by atoms with Gasteiger partial charge in [-0.25, -0.2) is 0 Å². The van der Waals surface area contributed by atoms with Gasteiger partial charge in [0, 0.05) is 26.6 Å². The van der Waals surface area contributed by atoms with Crippen molar-refractivity contribution >= 4 is 5.97 Å². The van der Waals surface area contributed by atoms with Gasteiger partial charge in [0.25, 0.3) is 0 Å². The first kappa shape index (κ1) is 13.1. The van der Waals surface area contributed by atoms with Crippen LogP contribution in [0.3, 0.4) is 0 Å². The molecule has 4 nitrogen and oxygen atoms in total. The Morgan fingerprint density at radius 2 is 2.22 bits per heavy atom. The van der Waals surface area contributed by atoms with Crippen molar-refractivity contribution in [3.63, 3.8) is 0 Å². The number of benzene rings is 1. The normalized spacial score (nSPS) is 20.6. The molecule has 0 N–H and O–H groups in total. The highest BCUT2D eigenvalue weighted by Gasteiger charge is 2.21. The SMILES string of the molecule is CC(=O)OCC1CN(Cc2ccccc2)CCO1. The van der Waals surface area contributed by atoms with E-state index in [1.54, 1.807) is 0 Å². The standard InChI is InChI=1S/C14H19NO3/c1-12(16)18-11-14-10-15(7-8-17-14)9-13-5-3-2-4-6-13/h2-6,14H,7-11H2,1H3. The molecular formula is C14H19NO3. The van der Waals surface area contributed by atoms with Crippen LogP contribution in [-0.2, 0) is 20.8 Å². The molecule has 1 heterocycles. The fourth-order valence-corrected chi connectivity index (χ4v) is 2.08. The third-order valence-corrected chi connectivity index (χ3v) is 2.94. The highest BCUT2D eigenvalue weighted by molar-refractivity contribution is 5.65. The number of carbonyl (C=O) groups is 1. The summed E-state index contributed by atoms with van der Waals surface area (Å²) in [6, 6.07) is 10.4. The summed E-state index contributed by atoms with van der Waals surface area (Å²) in [5.74, 6) is -0.251. The molecule has 0 radical (unpaired) electrons. The fraction of sp³-hybridized carbons (Fsp3) is 0.500. The van der Waals surface area contributed by atoms with E-state index in [0.717, 1.165) is 19.6 Å². The van der Waals surface area contributed by atoms with Crippen LogP contribution in [0.4, 0.5) is 0 Å². The Morgan fingerprint density at radius 3 is 2.94 bits per heavy atom. The van der Waals surface area contributed by atoms with Gasteiger partial charge in [-0.1, -0.05) is 30.3 Å². The van der Waals surface area contributed by atoms with E-state index in [0.29, 0.717) is 13.2 Å². The zero-order valence-corrected chi connectivity index (χ0v) is 10.7. The molecule has 2 rings (SSSR count). The molecule has 1 aromatic carbocycles. The zero-order valence-electron chi connectivity index (χ0n) is 10.7. The zero-order chi connectivity index (χ0) is 12.8. The number of nitrogens with zero attached hydrogens (tertiary/aromatic N) is 1. The lowest BCUT2D eigenvalue weighted by Gasteiger charge is -2.32. The maximum absolute atomic E-state index is 10.8. The molecule has 1 aliphatic rings. The topological polar surface area (TPSA) is 38.8 Å². The molecule has 0 amide bonds. The second-order valence-electron chi connectivity index (χ2n) is 4.52. The summed E-state index contributed by atoms with van der Waals surface area (Å²) >= 11 is 0. The summed E-state index contributed by atoms with van der Waals surface area (Å²) in [4.78, 5) is 13.1. The Hall–Kier alpha value is -1.39. The predicted molar refractivity (Wildman–Crippen MR) is 68.1 cm³/mol. The van der Waals surface area contributed by atoms with Gasteiger partial charge in [0.15, 0.2) is 0 Å². The largest absolute Gasteiger partial charge is 0.463 e. The average Bonchev–Trinajstić information content (AvgIpc) is 2.38. The van der Waals surface area contributed by atoms with Crippen LogP contribution >= 0.6 is 0 Å². The molecule has 1 unspecified atom stereocenters. The first-order chi connectivity index (χ1) is 8.74. The number of hydrogen-bond acceptors (Lipinski definition) is 4. The van der Waals surface area contributed by atoms with Crippen LogP contribution in [0.15, 0.2) is 30.3 Å². The monoisotopic (exact) mass is 249 g/mol. The minimum Gasteiger partial charge on any atom is -0.463 e. The molecule has 1 aromatic rings. The molecule has 18 heavy (non-hydrogen) atoms. The van der Waals surface area contributed by atoms with E-state index in [1.807, 2.05) is 18.2 Å². The molecule has 1 atom stereocenters. The predicted octanol–water partition coefficient (Wildman–Crippen LogP) is 1.45. The molecule has 0 spiro atoms. The van der Waals surface area contributed by atoms with Crippen molar-refractivity contribution in [1.29, 1.82) is 0 Å². The number of rotatable bonds is 4. The molecule has 0 bridgehead atoms. The lowest BCUT2D eigenvalue weighted by atomic mass is 10.2. The number of carbonyl (C=O) groups excluding carboxylic acids is 1. The summed E-state index contributed by atoms with van der Waals surface area (Å²) in [6.07, 6.45) is -0.00800. The van der Waals surface area contributed by atoms with Gasteiger partial charge in [0.2, 0.25) is 0 Å². The number of esters is 1. The van der Waals surface area contributed by atoms with E-state index >= 15 is 0 Å². The maximum Gasteiger partial charge on any atom is 0.302 e. The summed E-state index contributed by atoms with van der Waals surface area (Å²) < 4.78 is 10.6. The van der Waals surface area contributed by atoms with Gasteiger partial charge in [-0.3, -0.25) is 9.69 Å². The average molecular weight is 249 g/mol. The molecule has 1 fully saturated rings. The smallest absolute Gasteiger partial charge is 0.302 e. The third-order valence-electron chi connectivity index (χ3n) is 2.94. The minimum atomic E-state index is -0.251. The molecule has 0 aromatic heterocycles. The van der Waals surface area contributed by atoms with Gasteiger partial charge in [-0.05, 0) is 5.56 Å².